The van der Waals surface area contributed by atoms with Gasteiger partial charge in [-0.1, -0.05) is 13.8 Å². The van der Waals surface area contributed by atoms with Crippen LogP contribution in [0.25, 0.3) is 0 Å². The minimum Gasteiger partial charge on any atom is -0.330 e. The summed E-state index contributed by atoms with van der Waals surface area (Å²) >= 11 is 3.54. The van der Waals surface area contributed by atoms with Crippen LogP contribution in [0.4, 0.5) is 0 Å². The molecule has 0 unspecified atom stereocenters. The van der Waals surface area contributed by atoms with Gasteiger partial charge in [-0.2, -0.15) is 5.10 Å². The van der Waals surface area contributed by atoms with Crippen LogP contribution in [0, 0.1) is 19.3 Å². The first-order valence-electron chi connectivity index (χ1n) is 5.77. The summed E-state index contributed by atoms with van der Waals surface area (Å²) < 4.78 is 3.21. The number of hydrogen-bond acceptors (Lipinski definition) is 2. The molecule has 1 heterocycles. The lowest BCUT2D eigenvalue weighted by Gasteiger charge is -2.22. The van der Waals surface area contributed by atoms with E-state index in [1.54, 1.807) is 0 Å². The van der Waals surface area contributed by atoms with Crippen LogP contribution in [0.2, 0.25) is 0 Å². The van der Waals surface area contributed by atoms with Crippen LogP contribution in [0.5, 0.6) is 0 Å². The summed E-state index contributed by atoms with van der Waals surface area (Å²) in [7, 11) is 0. The van der Waals surface area contributed by atoms with E-state index in [-0.39, 0.29) is 5.41 Å². The Morgan fingerprint density at radius 3 is 2.44 bits per heavy atom. The van der Waals surface area contributed by atoms with Crippen LogP contribution in [-0.4, -0.2) is 16.3 Å². The molecule has 4 heteroatoms. The summed E-state index contributed by atoms with van der Waals surface area (Å²) in [6.07, 6.45) is 2.26. The largest absolute Gasteiger partial charge is 0.330 e. The van der Waals surface area contributed by atoms with Gasteiger partial charge in [0.1, 0.15) is 0 Å². The van der Waals surface area contributed by atoms with Crippen molar-refractivity contribution in [3.63, 3.8) is 0 Å². The quantitative estimate of drug-likeness (QED) is 0.905. The average Bonchev–Trinajstić information content (AvgIpc) is 2.46. The molecule has 0 spiro atoms. The van der Waals surface area contributed by atoms with Crippen molar-refractivity contribution < 1.29 is 0 Å². The third-order valence-electron chi connectivity index (χ3n) is 3.07. The van der Waals surface area contributed by atoms with Gasteiger partial charge >= 0.3 is 0 Å². The molecule has 0 fully saturated rings. The van der Waals surface area contributed by atoms with Gasteiger partial charge in [0.15, 0.2) is 0 Å². The summed E-state index contributed by atoms with van der Waals surface area (Å²) in [4.78, 5) is 0. The van der Waals surface area contributed by atoms with E-state index in [4.69, 9.17) is 5.73 Å². The molecule has 1 aromatic rings. The molecule has 1 rings (SSSR count). The predicted molar refractivity (Wildman–Crippen MR) is 71.5 cm³/mol. The fourth-order valence-electron chi connectivity index (χ4n) is 1.70. The van der Waals surface area contributed by atoms with Gasteiger partial charge in [0.25, 0.3) is 0 Å². The van der Waals surface area contributed by atoms with Gasteiger partial charge in [0.2, 0.25) is 0 Å². The molecule has 0 bridgehead atoms. The van der Waals surface area contributed by atoms with Gasteiger partial charge in [-0.15, -0.1) is 0 Å². The molecular weight excluding hydrogens is 266 g/mol. The summed E-state index contributed by atoms with van der Waals surface area (Å²) in [6.45, 7) is 10.3. The highest BCUT2D eigenvalue weighted by Gasteiger charge is 2.15. The van der Waals surface area contributed by atoms with E-state index in [9.17, 15) is 0 Å². The van der Waals surface area contributed by atoms with Crippen molar-refractivity contribution in [1.82, 2.24) is 9.78 Å². The minimum absolute atomic E-state index is 0.243. The summed E-state index contributed by atoms with van der Waals surface area (Å²) in [6, 6.07) is 0. The number of nitrogens with zero attached hydrogens (tertiary/aromatic N) is 2. The maximum absolute atomic E-state index is 5.71. The Morgan fingerprint density at radius 1 is 1.38 bits per heavy atom. The maximum atomic E-state index is 5.71. The number of aromatic nitrogens is 2. The van der Waals surface area contributed by atoms with E-state index in [2.05, 4.69) is 46.5 Å². The van der Waals surface area contributed by atoms with Gasteiger partial charge in [0, 0.05) is 12.2 Å². The standard InChI is InChI=1S/C12H22BrN3/c1-9-11(13)10(2)16(15-9)7-5-6-12(3,4)8-14/h5-8,14H2,1-4H3. The van der Waals surface area contributed by atoms with Crippen molar-refractivity contribution in [3.8, 4) is 0 Å². The molecule has 0 amide bonds. The second-order valence-electron chi connectivity index (χ2n) is 5.18. The highest BCUT2D eigenvalue weighted by molar-refractivity contribution is 9.10. The van der Waals surface area contributed by atoms with Crippen molar-refractivity contribution in [3.05, 3.63) is 15.9 Å². The highest BCUT2D eigenvalue weighted by atomic mass is 79.9. The lowest BCUT2D eigenvalue weighted by atomic mass is 9.88. The third-order valence-corrected chi connectivity index (χ3v) is 4.22. The summed E-state index contributed by atoms with van der Waals surface area (Å²) in [5.74, 6) is 0. The number of aryl methyl sites for hydroxylation is 2. The Bertz CT molecular complexity index is 355. The van der Waals surface area contributed by atoms with Crippen molar-refractivity contribution in [2.45, 2.75) is 47.1 Å². The fourth-order valence-corrected chi connectivity index (χ4v) is 1.99. The average molecular weight is 288 g/mol. The number of nitrogens with two attached hydrogens (primary N) is 1. The first-order chi connectivity index (χ1) is 7.37. The molecular formula is C12H22BrN3. The van der Waals surface area contributed by atoms with Crippen molar-refractivity contribution in [1.29, 1.82) is 0 Å². The normalized spacial score (nSPS) is 12.1. The second kappa shape index (κ2) is 5.32. The lowest BCUT2D eigenvalue weighted by molar-refractivity contribution is 0.323. The van der Waals surface area contributed by atoms with E-state index in [1.165, 1.54) is 5.69 Å². The van der Waals surface area contributed by atoms with Crippen LogP contribution < -0.4 is 5.73 Å². The molecule has 92 valence electrons. The fraction of sp³-hybridized carbons (Fsp3) is 0.750. The van der Waals surface area contributed by atoms with Gasteiger partial charge in [0.05, 0.1) is 10.2 Å². The molecule has 16 heavy (non-hydrogen) atoms. The zero-order valence-corrected chi connectivity index (χ0v) is 12.3. The number of rotatable bonds is 5. The molecule has 1 aromatic heterocycles. The number of halogens is 1. The van der Waals surface area contributed by atoms with Crippen molar-refractivity contribution in [2.75, 3.05) is 6.54 Å². The van der Waals surface area contributed by atoms with Crippen LogP contribution in [-0.2, 0) is 6.54 Å². The van der Waals surface area contributed by atoms with E-state index >= 15 is 0 Å². The second-order valence-corrected chi connectivity index (χ2v) is 5.97. The Balaban J connectivity index is 2.53. The predicted octanol–water partition coefficient (Wildman–Crippen LogP) is 3.03. The highest BCUT2D eigenvalue weighted by Crippen LogP contribution is 2.23. The van der Waals surface area contributed by atoms with E-state index < -0.39 is 0 Å². The molecule has 0 aliphatic carbocycles. The number of hydrogen-bond donors (Lipinski definition) is 1. The Hall–Kier alpha value is -0.350. The Labute approximate surface area is 107 Å². The zero-order chi connectivity index (χ0) is 12.3. The van der Waals surface area contributed by atoms with Gasteiger partial charge in [-0.25, -0.2) is 0 Å². The van der Waals surface area contributed by atoms with Crippen LogP contribution >= 0.6 is 15.9 Å². The zero-order valence-electron chi connectivity index (χ0n) is 10.7. The molecule has 0 aromatic carbocycles. The van der Waals surface area contributed by atoms with Crippen LogP contribution in [0.1, 0.15) is 38.1 Å². The first-order valence-corrected chi connectivity index (χ1v) is 6.56. The van der Waals surface area contributed by atoms with E-state index in [0.29, 0.717) is 0 Å². The molecule has 3 nitrogen and oxygen atoms in total. The lowest BCUT2D eigenvalue weighted by Crippen LogP contribution is -2.23. The molecule has 0 atom stereocenters. The van der Waals surface area contributed by atoms with Crippen LogP contribution in [0.15, 0.2) is 4.47 Å². The first kappa shape index (κ1) is 13.7. The van der Waals surface area contributed by atoms with Gasteiger partial charge < -0.3 is 5.73 Å². The Morgan fingerprint density at radius 2 is 2.00 bits per heavy atom. The summed E-state index contributed by atoms with van der Waals surface area (Å²) in [5.41, 5.74) is 8.23. The van der Waals surface area contributed by atoms with Crippen molar-refractivity contribution in [2.24, 2.45) is 11.1 Å². The van der Waals surface area contributed by atoms with E-state index in [1.807, 2.05) is 6.92 Å². The topological polar surface area (TPSA) is 43.8 Å². The molecule has 0 radical (unpaired) electrons. The molecule has 0 aliphatic heterocycles. The Kier molecular flexibility index (Phi) is 4.56. The monoisotopic (exact) mass is 287 g/mol. The third kappa shape index (κ3) is 3.32. The molecule has 0 aliphatic rings. The van der Waals surface area contributed by atoms with Gasteiger partial charge in [-0.05, 0) is 54.6 Å². The van der Waals surface area contributed by atoms with Gasteiger partial charge in [-0.3, -0.25) is 4.68 Å². The van der Waals surface area contributed by atoms with Crippen LogP contribution in [0.3, 0.4) is 0 Å². The van der Waals surface area contributed by atoms with Crippen molar-refractivity contribution >= 4 is 15.9 Å². The molecule has 2 N–H and O–H groups in total. The SMILES string of the molecule is Cc1nn(CCCC(C)(C)CN)c(C)c1Br. The van der Waals surface area contributed by atoms with E-state index in [0.717, 1.165) is 36.1 Å². The smallest absolute Gasteiger partial charge is 0.0738 e. The molecule has 0 saturated heterocycles. The minimum atomic E-state index is 0.243. The maximum Gasteiger partial charge on any atom is 0.0738 e. The summed E-state index contributed by atoms with van der Waals surface area (Å²) in [5, 5.41) is 4.49. The molecule has 0 saturated carbocycles.